The number of carbonyl (C=O) groups is 2. The van der Waals surface area contributed by atoms with Crippen LogP contribution in [0.5, 0.6) is 0 Å². The number of aryl methyl sites for hydroxylation is 1. The van der Waals surface area contributed by atoms with Crippen LogP contribution in [0.4, 0.5) is 0 Å². The van der Waals surface area contributed by atoms with Gasteiger partial charge in [0.25, 0.3) is 5.91 Å². The van der Waals surface area contributed by atoms with Gasteiger partial charge in [-0.2, -0.15) is 0 Å². The molecular formula is C23H28N2O3. The molecule has 2 heterocycles. The predicted octanol–water partition coefficient (Wildman–Crippen LogP) is 3.77. The van der Waals surface area contributed by atoms with Gasteiger partial charge in [-0.15, -0.1) is 0 Å². The zero-order chi connectivity index (χ0) is 19.7. The van der Waals surface area contributed by atoms with E-state index in [-0.39, 0.29) is 12.5 Å². The van der Waals surface area contributed by atoms with Gasteiger partial charge in [0.15, 0.2) is 6.61 Å². The van der Waals surface area contributed by atoms with Crippen LogP contribution in [0.25, 0.3) is 10.9 Å². The zero-order valence-corrected chi connectivity index (χ0v) is 16.7. The highest BCUT2D eigenvalue weighted by Gasteiger charge is 2.27. The molecule has 0 unspecified atom stereocenters. The van der Waals surface area contributed by atoms with Crippen molar-refractivity contribution in [2.24, 2.45) is 11.8 Å². The predicted molar refractivity (Wildman–Crippen MR) is 108 cm³/mol. The second-order valence-corrected chi connectivity index (χ2v) is 8.44. The molecule has 5 heteroatoms. The Morgan fingerprint density at radius 3 is 2.82 bits per heavy atom. The van der Waals surface area contributed by atoms with E-state index in [1.54, 1.807) is 0 Å². The molecule has 1 aliphatic heterocycles. The quantitative estimate of drug-likeness (QED) is 0.761. The fourth-order valence-electron chi connectivity index (χ4n) is 4.50. The molecule has 2 atom stereocenters. The summed E-state index contributed by atoms with van der Waals surface area (Å²) in [6.45, 7) is 5.68. The van der Waals surface area contributed by atoms with Crippen molar-refractivity contribution in [2.45, 2.75) is 46.0 Å². The number of carbonyl (C=O) groups excluding carboxylic acids is 2. The lowest BCUT2D eigenvalue weighted by molar-refractivity contribution is -0.136. The second kappa shape index (κ2) is 7.90. The normalized spacial score (nSPS) is 22.0. The molecule has 0 spiro atoms. The maximum atomic E-state index is 13.1. The smallest absolute Gasteiger partial charge is 0.339 e. The van der Waals surface area contributed by atoms with Gasteiger partial charge in [0.2, 0.25) is 0 Å². The summed E-state index contributed by atoms with van der Waals surface area (Å²) in [7, 11) is 0. The monoisotopic (exact) mass is 380 g/mol. The van der Waals surface area contributed by atoms with Crippen molar-refractivity contribution < 1.29 is 14.3 Å². The average Bonchev–Trinajstić information content (AvgIpc) is 2.70. The van der Waals surface area contributed by atoms with E-state index in [1.807, 2.05) is 29.2 Å². The standard InChI is InChI=1S/C23H28N2O3/c1-15-9-10-20-18(12-15)22(17-7-3-4-8-19(17)24-20)23(27)28-14-21(26)25-11-5-6-16(2)13-25/h3-4,7-8,15-16H,5-6,9-14H2,1-2H3/t15-,16+/m0/s1. The summed E-state index contributed by atoms with van der Waals surface area (Å²) < 4.78 is 5.53. The van der Waals surface area contributed by atoms with E-state index in [4.69, 9.17) is 9.72 Å². The molecule has 0 bridgehead atoms. The van der Waals surface area contributed by atoms with Gasteiger partial charge in [0.1, 0.15) is 0 Å². The van der Waals surface area contributed by atoms with Crippen molar-refractivity contribution in [1.29, 1.82) is 0 Å². The summed E-state index contributed by atoms with van der Waals surface area (Å²) >= 11 is 0. The number of para-hydroxylation sites is 1. The van der Waals surface area contributed by atoms with E-state index in [2.05, 4.69) is 13.8 Å². The van der Waals surface area contributed by atoms with Gasteiger partial charge >= 0.3 is 5.97 Å². The third kappa shape index (κ3) is 3.75. The zero-order valence-electron chi connectivity index (χ0n) is 16.7. The number of aromatic nitrogens is 1. The van der Waals surface area contributed by atoms with Gasteiger partial charge in [-0.3, -0.25) is 9.78 Å². The van der Waals surface area contributed by atoms with Crippen LogP contribution in [-0.4, -0.2) is 41.5 Å². The number of hydrogen-bond donors (Lipinski definition) is 0. The minimum atomic E-state index is -0.401. The van der Waals surface area contributed by atoms with E-state index in [0.717, 1.165) is 67.4 Å². The summed E-state index contributed by atoms with van der Waals surface area (Å²) in [6.07, 6.45) is 4.96. The number of rotatable bonds is 3. The van der Waals surface area contributed by atoms with Crippen LogP contribution in [-0.2, 0) is 22.4 Å². The van der Waals surface area contributed by atoms with Crippen molar-refractivity contribution in [2.75, 3.05) is 19.7 Å². The van der Waals surface area contributed by atoms with Crippen LogP contribution in [0.3, 0.4) is 0 Å². The maximum absolute atomic E-state index is 13.1. The first-order valence-corrected chi connectivity index (χ1v) is 10.4. The molecule has 2 aliphatic rings. The minimum Gasteiger partial charge on any atom is -0.452 e. The molecule has 1 aromatic heterocycles. The van der Waals surface area contributed by atoms with Gasteiger partial charge in [0.05, 0.1) is 11.1 Å². The number of likely N-dealkylation sites (tertiary alicyclic amines) is 1. The summed E-state index contributed by atoms with van der Waals surface area (Å²) in [5, 5.41) is 0.819. The van der Waals surface area contributed by atoms with Crippen LogP contribution in [0.15, 0.2) is 24.3 Å². The maximum Gasteiger partial charge on any atom is 0.339 e. The van der Waals surface area contributed by atoms with Crippen LogP contribution in [0, 0.1) is 11.8 Å². The first kappa shape index (κ1) is 18.9. The van der Waals surface area contributed by atoms with Crippen molar-refractivity contribution in [3.8, 4) is 0 Å². The molecule has 0 N–H and O–H groups in total. The third-order valence-electron chi connectivity index (χ3n) is 6.05. The van der Waals surface area contributed by atoms with Crippen molar-refractivity contribution in [3.63, 3.8) is 0 Å². The van der Waals surface area contributed by atoms with Gasteiger partial charge in [-0.1, -0.05) is 32.0 Å². The van der Waals surface area contributed by atoms with Gasteiger partial charge < -0.3 is 9.64 Å². The molecule has 28 heavy (non-hydrogen) atoms. The molecule has 5 nitrogen and oxygen atoms in total. The van der Waals surface area contributed by atoms with Crippen LogP contribution >= 0.6 is 0 Å². The summed E-state index contributed by atoms with van der Waals surface area (Å²) in [6, 6.07) is 7.71. The highest BCUT2D eigenvalue weighted by molar-refractivity contribution is 6.05. The van der Waals surface area contributed by atoms with Gasteiger partial charge in [-0.05, 0) is 55.6 Å². The number of nitrogens with zero attached hydrogens (tertiary/aromatic N) is 2. The topological polar surface area (TPSA) is 59.5 Å². The number of benzene rings is 1. The van der Waals surface area contributed by atoms with E-state index >= 15 is 0 Å². The van der Waals surface area contributed by atoms with Crippen LogP contribution < -0.4 is 0 Å². The summed E-state index contributed by atoms with van der Waals surface area (Å²) in [5.74, 6) is 0.521. The Hall–Kier alpha value is -2.43. The lowest BCUT2D eigenvalue weighted by atomic mass is 9.84. The van der Waals surface area contributed by atoms with Gasteiger partial charge in [0, 0.05) is 24.2 Å². The summed E-state index contributed by atoms with van der Waals surface area (Å²) in [5.41, 5.74) is 3.42. The fraction of sp³-hybridized carbons (Fsp3) is 0.522. The largest absolute Gasteiger partial charge is 0.452 e. The Morgan fingerprint density at radius 2 is 2.00 bits per heavy atom. The highest BCUT2D eigenvalue weighted by Crippen LogP contribution is 2.32. The number of piperidine rings is 1. The molecule has 1 amide bonds. The van der Waals surface area contributed by atoms with Crippen LogP contribution in [0.2, 0.25) is 0 Å². The lowest BCUT2D eigenvalue weighted by Crippen LogP contribution is -2.41. The number of ether oxygens (including phenoxy) is 1. The minimum absolute atomic E-state index is 0.0968. The lowest BCUT2D eigenvalue weighted by Gasteiger charge is -2.30. The molecule has 2 aromatic rings. The first-order chi connectivity index (χ1) is 13.5. The average molecular weight is 380 g/mol. The fourth-order valence-corrected chi connectivity index (χ4v) is 4.50. The van der Waals surface area contributed by atoms with E-state index in [1.165, 1.54) is 0 Å². The molecule has 0 saturated carbocycles. The molecular weight excluding hydrogens is 352 g/mol. The molecule has 1 aliphatic carbocycles. The first-order valence-electron chi connectivity index (χ1n) is 10.4. The van der Waals surface area contributed by atoms with Crippen molar-refractivity contribution in [1.82, 2.24) is 9.88 Å². The Labute approximate surface area is 166 Å². The third-order valence-corrected chi connectivity index (χ3v) is 6.05. The highest BCUT2D eigenvalue weighted by atomic mass is 16.5. The molecule has 4 rings (SSSR count). The van der Waals surface area contributed by atoms with E-state index in [0.29, 0.717) is 17.4 Å². The van der Waals surface area contributed by atoms with Crippen molar-refractivity contribution in [3.05, 3.63) is 41.1 Å². The molecule has 148 valence electrons. The molecule has 0 radical (unpaired) electrons. The molecule has 1 fully saturated rings. The Kier molecular flexibility index (Phi) is 5.33. The Balaban J connectivity index is 1.58. The van der Waals surface area contributed by atoms with Crippen molar-refractivity contribution >= 4 is 22.8 Å². The Morgan fingerprint density at radius 1 is 1.18 bits per heavy atom. The van der Waals surface area contributed by atoms with E-state index < -0.39 is 5.97 Å². The number of hydrogen-bond acceptors (Lipinski definition) is 4. The Bertz CT molecular complexity index is 908. The number of amides is 1. The van der Waals surface area contributed by atoms with Gasteiger partial charge in [-0.25, -0.2) is 4.79 Å². The summed E-state index contributed by atoms with van der Waals surface area (Å²) in [4.78, 5) is 32.2. The number of esters is 1. The molecule has 1 saturated heterocycles. The second-order valence-electron chi connectivity index (χ2n) is 8.44. The number of fused-ring (bicyclic) bond motifs is 2. The SMILES string of the molecule is C[C@@H]1CCCN(C(=O)COC(=O)c2c3c(nc4ccccc24)CC[C@H](C)C3)C1. The van der Waals surface area contributed by atoms with E-state index in [9.17, 15) is 9.59 Å². The van der Waals surface area contributed by atoms with Crippen LogP contribution in [0.1, 0.15) is 54.7 Å². The number of pyridine rings is 1. The molecule has 1 aromatic carbocycles.